The van der Waals surface area contributed by atoms with Crippen LogP contribution in [0, 0.1) is 13.8 Å². The van der Waals surface area contributed by atoms with Crippen LogP contribution in [0.2, 0.25) is 0 Å². The first-order chi connectivity index (χ1) is 13.0. The van der Waals surface area contributed by atoms with Crippen molar-refractivity contribution in [3.05, 3.63) is 70.3 Å². The van der Waals surface area contributed by atoms with Gasteiger partial charge in [-0.1, -0.05) is 30.3 Å². The van der Waals surface area contributed by atoms with Gasteiger partial charge in [-0.25, -0.2) is 0 Å². The molecule has 0 aromatic heterocycles. The van der Waals surface area contributed by atoms with Crippen LogP contribution in [-0.4, -0.2) is 29.8 Å². The van der Waals surface area contributed by atoms with Crippen LogP contribution in [0.15, 0.2) is 42.5 Å². The van der Waals surface area contributed by atoms with Crippen LogP contribution in [0.1, 0.15) is 63.1 Å². The van der Waals surface area contributed by atoms with E-state index in [0.29, 0.717) is 28.8 Å². The van der Waals surface area contributed by atoms with Crippen molar-refractivity contribution in [2.45, 2.75) is 57.7 Å². The highest BCUT2D eigenvalue weighted by molar-refractivity contribution is 6.15. The Hall–Kier alpha value is -2.46. The van der Waals surface area contributed by atoms with Crippen LogP contribution < -0.4 is 10.6 Å². The van der Waals surface area contributed by atoms with Gasteiger partial charge in [0.2, 0.25) is 0 Å². The first-order valence-corrected chi connectivity index (χ1v) is 9.79. The number of benzene rings is 2. The Bertz CT molecular complexity index is 878. The zero-order valence-corrected chi connectivity index (χ0v) is 15.9. The van der Waals surface area contributed by atoms with Crippen LogP contribution in [0.5, 0.6) is 0 Å². The van der Waals surface area contributed by atoms with E-state index < -0.39 is 0 Å². The Labute approximate surface area is 160 Å². The first kappa shape index (κ1) is 17.9. The number of hydrogen-bond acceptors (Lipinski definition) is 3. The maximum Gasteiger partial charge on any atom is 0.252 e. The van der Waals surface area contributed by atoms with Crippen molar-refractivity contribution in [2.75, 3.05) is 0 Å². The molecule has 2 aromatic rings. The van der Waals surface area contributed by atoms with Crippen molar-refractivity contribution >= 4 is 11.7 Å². The third kappa shape index (κ3) is 3.67. The molecule has 0 radical (unpaired) electrons. The number of rotatable bonds is 4. The second-order valence-corrected chi connectivity index (χ2v) is 7.95. The topological polar surface area (TPSA) is 58.2 Å². The maximum atomic E-state index is 13.1. The molecule has 2 aliphatic heterocycles. The van der Waals surface area contributed by atoms with Gasteiger partial charge in [-0.3, -0.25) is 9.59 Å². The molecule has 1 amide bonds. The minimum atomic E-state index is -0.144. The van der Waals surface area contributed by atoms with Crippen molar-refractivity contribution in [3.63, 3.8) is 0 Å². The zero-order chi connectivity index (χ0) is 19.0. The monoisotopic (exact) mass is 362 g/mol. The Kier molecular flexibility index (Phi) is 4.83. The molecule has 2 saturated heterocycles. The van der Waals surface area contributed by atoms with Crippen LogP contribution in [0.4, 0.5) is 0 Å². The number of piperidine rings is 1. The number of amides is 1. The fourth-order valence-electron chi connectivity index (χ4n) is 4.36. The van der Waals surface area contributed by atoms with Gasteiger partial charge >= 0.3 is 0 Å². The van der Waals surface area contributed by atoms with Gasteiger partial charge in [-0.05, 0) is 62.8 Å². The molecule has 2 aromatic carbocycles. The predicted octanol–water partition coefficient (Wildman–Crippen LogP) is 3.55. The lowest BCUT2D eigenvalue weighted by atomic mass is 9.95. The summed E-state index contributed by atoms with van der Waals surface area (Å²) in [6, 6.07) is 14.0. The van der Waals surface area contributed by atoms with E-state index in [1.165, 1.54) is 12.8 Å². The summed E-state index contributed by atoms with van der Waals surface area (Å²) < 4.78 is 0. The van der Waals surface area contributed by atoms with Gasteiger partial charge < -0.3 is 10.6 Å². The molecule has 27 heavy (non-hydrogen) atoms. The Morgan fingerprint density at radius 1 is 0.926 bits per heavy atom. The number of nitrogens with one attached hydrogen (secondary N) is 2. The summed E-state index contributed by atoms with van der Waals surface area (Å²) in [4.78, 5) is 26.0. The highest BCUT2D eigenvalue weighted by Crippen LogP contribution is 2.27. The molecule has 2 atom stereocenters. The van der Waals surface area contributed by atoms with Crippen LogP contribution >= 0.6 is 0 Å². The Morgan fingerprint density at radius 3 is 2.26 bits per heavy atom. The molecule has 4 nitrogen and oxygen atoms in total. The molecule has 4 heteroatoms. The molecule has 2 unspecified atom stereocenters. The van der Waals surface area contributed by atoms with E-state index in [-0.39, 0.29) is 17.7 Å². The van der Waals surface area contributed by atoms with Crippen LogP contribution in [0.25, 0.3) is 0 Å². The van der Waals surface area contributed by atoms with E-state index in [9.17, 15) is 9.59 Å². The summed E-state index contributed by atoms with van der Waals surface area (Å²) in [7, 11) is 0. The molecule has 140 valence electrons. The second kappa shape index (κ2) is 7.28. The lowest BCUT2D eigenvalue weighted by molar-refractivity contribution is 0.0914. The first-order valence-electron chi connectivity index (χ1n) is 9.79. The molecule has 0 saturated carbocycles. The average molecular weight is 362 g/mol. The van der Waals surface area contributed by atoms with E-state index in [0.717, 1.165) is 24.0 Å². The minimum Gasteiger partial charge on any atom is -0.349 e. The molecular formula is C23H26N2O2. The van der Waals surface area contributed by atoms with Crippen molar-refractivity contribution in [2.24, 2.45) is 0 Å². The summed E-state index contributed by atoms with van der Waals surface area (Å²) >= 11 is 0. The fourth-order valence-corrected chi connectivity index (χ4v) is 4.36. The highest BCUT2D eigenvalue weighted by Gasteiger charge is 2.34. The largest absolute Gasteiger partial charge is 0.349 e. The lowest BCUT2D eigenvalue weighted by Crippen LogP contribution is -2.48. The Morgan fingerprint density at radius 2 is 1.59 bits per heavy atom. The summed E-state index contributed by atoms with van der Waals surface area (Å²) in [6.45, 7) is 4.02. The number of carbonyl (C=O) groups is 2. The van der Waals surface area contributed by atoms with E-state index >= 15 is 0 Å². The lowest BCUT2D eigenvalue weighted by Gasteiger charge is -2.29. The van der Waals surface area contributed by atoms with Crippen molar-refractivity contribution < 1.29 is 9.59 Å². The molecule has 2 N–H and O–H groups in total. The smallest absolute Gasteiger partial charge is 0.252 e. The summed E-state index contributed by atoms with van der Waals surface area (Å²) in [6.07, 6.45) is 4.32. The summed E-state index contributed by atoms with van der Waals surface area (Å²) in [5.41, 5.74) is 3.78. The molecule has 4 rings (SSSR count). The van der Waals surface area contributed by atoms with Gasteiger partial charge in [-0.2, -0.15) is 0 Å². The minimum absolute atomic E-state index is 0.103. The summed E-state index contributed by atoms with van der Waals surface area (Å²) in [5, 5.41) is 6.76. The third-order valence-electron chi connectivity index (χ3n) is 5.99. The summed E-state index contributed by atoms with van der Waals surface area (Å²) in [5.74, 6) is -0.247. The normalized spacial score (nSPS) is 23.9. The zero-order valence-electron chi connectivity index (χ0n) is 15.9. The Balaban J connectivity index is 1.56. The standard InChI is InChI=1S/C23H26N2O2/c1-14-7-8-16(11-15(14)2)22(26)20-5-3-4-6-21(20)23(27)25-19-12-17-9-10-18(13-19)24-17/h3-8,11,17-19,24H,9-10,12-13H2,1-2H3,(H,25,27). The van der Waals surface area contributed by atoms with E-state index in [1.807, 2.05) is 44.2 Å². The average Bonchev–Trinajstić information content (AvgIpc) is 3.01. The van der Waals surface area contributed by atoms with Crippen molar-refractivity contribution in [3.8, 4) is 0 Å². The van der Waals surface area contributed by atoms with Crippen molar-refractivity contribution in [1.29, 1.82) is 0 Å². The molecule has 2 fully saturated rings. The van der Waals surface area contributed by atoms with Gasteiger partial charge in [0.25, 0.3) is 5.91 Å². The van der Waals surface area contributed by atoms with Crippen molar-refractivity contribution in [1.82, 2.24) is 10.6 Å². The number of fused-ring (bicyclic) bond motifs is 2. The number of carbonyl (C=O) groups excluding carboxylic acids is 2. The van der Waals surface area contributed by atoms with E-state index in [1.54, 1.807) is 12.1 Å². The molecular weight excluding hydrogens is 336 g/mol. The fraction of sp³-hybridized carbons (Fsp3) is 0.391. The van der Waals surface area contributed by atoms with Gasteiger partial charge in [0.1, 0.15) is 0 Å². The quantitative estimate of drug-likeness (QED) is 0.818. The third-order valence-corrected chi connectivity index (χ3v) is 5.99. The number of aryl methyl sites for hydroxylation is 2. The number of hydrogen-bond donors (Lipinski definition) is 2. The molecule has 2 bridgehead atoms. The SMILES string of the molecule is Cc1ccc(C(=O)c2ccccc2C(=O)NC2CC3CCC(C2)N3)cc1C. The second-order valence-electron chi connectivity index (χ2n) is 7.95. The molecule has 2 aliphatic rings. The van der Waals surface area contributed by atoms with Gasteiger partial charge in [-0.15, -0.1) is 0 Å². The molecule has 0 aliphatic carbocycles. The number of ketones is 1. The highest BCUT2D eigenvalue weighted by atomic mass is 16.2. The van der Waals surface area contributed by atoms with E-state index in [4.69, 9.17) is 0 Å². The van der Waals surface area contributed by atoms with Gasteiger partial charge in [0, 0.05) is 29.3 Å². The van der Waals surface area contributed by atoms with Crippen LogP contribution in [-0.2, 0) is 0 Å². The molecule has 2 heterocycles. The van der Waals surface area contributed by atoms with Gasteiger partial charge in [0.15, 0.2) is 5.78 Å². The van der Waals surface area contributed by atoms with Crippen LogP contribution in [0.3, 0.4) is 0 Å². The molecule has 0 spiro atoms. The van der Waals surface area contributed by atoms with Gasteiger partial charge in [0.05, 0.1) is 5.56 Å². The maximum absolute atomic E-state index is 13.1. The van der Waals surface area contributed by atoms with E-state index in [2.05, 4.69) is 10.6 Å². The predicted molar refractivity (Wildman–Crippen MR) is 106 cm³/mol.